The van der Waals surface area contributed by atoms with Gasteiger partial charge in [-0.1, -0.05) is 6.92 Å². The Morgan fingerprint density at radius 1 is 1.71 bits per heavy atom. The van der Waals surface area contributed by atoms with Crippen molar-refractivity contribution in [2.75, 3.05) is 19.6 Å². The largest absolute Gasteiger partial charge is 0.392 e. The Kier molecular flexibility index (Phi) is 4.35. The van der Waals surface area contributed by atoms with E-state index in [1.165, 1.54) is 0 Å². The van der Waals surface area contributed by atoms with Crippen LogP contribution >= 0.6 is 0 Å². The number of nitrogens with zero attached hydrogens (tertiary/aromatic N) is 1. The van der Waals surface area contributed by atoms with Crippen molar-refractivity contribution in [2.24, 2.45) is 0 Å². The molecule has 0 aromatic carbocycles. The zero-order chi connectivity index (χ0) is 10.6. The van der Waals surface area contributed by atoms with Crippen LogP contribution in [0.15, 0.2) is 0 Å². The number of rotatable bonds is 4. The Bertz CT molecular complexity index is 197. The van der Waals surface area contributed by atoms with Gasteiger partial charge in [0.25, 0.3) is 0 Å². The summed E-state index contributed by atoms with van der Waals surface area (Å²) >= 11 is 0. The van der Waals surface area contributed by atoms with Crippen molar-refractivity contribution >= 4 is 5.91 Å². The van der Waals surface area contributed by atoms with E-state index in [9.17, 15) is 9.90 Å². The molecule has 1 rings (SSSR count). The van der Waals surface area contributed by atoms with Crippen molar-refractivity contribution in [3.05, 3.63) is 0 Å². The minimum absolute atomic E-state index is 0.0634. The first kappa shape index (κ1) is 11.5. The lowest BCUT2D eigenvalue weighted by Crippen LogP contribution is -2.40. The first-order chi connectivity index (χ1) is 6.61. The standard InChI is InChI=1S/C10H20N2O2/c1-3-8(2)11-10(14)7-12-5-4-9(13)6-12/h8-9,13H,3-7H2,1-2H3,(H,11,14)/t8-,9+/m1/s1. The van der Waals surface area contributed by atoms with Gasteiger partial charge >= 0.3 is 0 Å². The third-order valence-electron chi connectivity index (χ3n) is 2.63. The van der Waals surface area contributed by atoms with Crippen LogP contribution < -0.4 is 5.32 Å². The maximum absolute atomic E-state index is 11.4. The molecule has 0 unspecified atom stereocenters. The van der Waals surface area contributed by atoms with Crippen molar-refractivity contribution in [3.8, 4) is 0 Å². The molecule has 1 aliphatic rings. The van der Waals surface area contributed by atoms with Crippen LogP contribution in [0.3, 0.4) is 0 Å². The van der Waals surface area contributed by atoms with Gasteiger partial charge in [-0.05, 0) is 19.8 Å². The number of aliphatic hydroxyl groups excluding tert-OH is 1. The lowest BCUT2D eigenvalue weighted by atomic mass is 10.2. The van der Waals surface area contributed by atoms with Gasteiger partial charge in [-0.3, -0.25) is 9.69 Å². The second-order valence-electron chi connectivity index (χ2n) is 4.05. The molecule has 1 saturated heterocycles. The van der Waals surface area contributed by atoms with E-state index >= 15 is 0 Å². The van der Waals surface area contributed by atoms with E-state index in [-0.39, 0.29) is 18.1 Å². The van der Waals surface area contributed by atoms with Crippen LogP contribution in [0.2, 0.25) is 0 Å². The number of nitrogens with one attached hydrogen (secondary N) is 1. The smallest absolute Gasteiger partial charge is 0.234 e. The molecule has 4 heteroatoms. The number of carbonyl (C=O) groups excluding carboxylic acids is 1. The molecular weight excluding hydrogens is 180 g/mol. The van der Waals surface area contributed by atoms with Gasteiger partial charge in [0.05, 0.1) is 12.6 Å². The van der Waals surface area contributed by atoms with E-state index in [2.05, 4.69) is 5.32 Å². The highest BCUT2D eigenvalue weighted by Gasteiger charge is 2.22. The molecule has 0 aliphatic carbocycles. The summed E-state index contributed by atoms with van der Waals surface area (Å²) in [5.41, 5.74) is 0. The second-order valence-corrected chi connectivity index (χ2v) is 4.05. The highest BCUT2D eigenvalue weighted by molar-refractivity contribution is 5.78. The fourth-order valence-electron chi connectivity index (χ4n) is 1.58. The molecular formula is C10H20N2O2. The topological polar surface area (TPSA) is 52.6 Å². The van der Waals surface area contributed by atoms with E-state index in [0.29, 0.717) is 13.1 Å². The van der Waals surface area contributed by atoms with Gasteiger partial charge in [-0.15, -0.1) is 0 Å². The van der Waals surface area contributed by atoms with Gasteiger partial charge in [0, 0.05) is 19.1 Å². The fraction of sp³-hybridized carbons (Fsp3) is 0.900. The summed E-state index contributed by atoms with van der Waals surface area (Å²) in [5, 5.41) is 12.2. The van der Waals surface area contributed by atoms with Gasteiger partial charge in [0.15, 0.2) is 0 Å². The van der Waals surface area contributed by atoms with Crippen LogP contribution in [-0.4, -0.2) is 47.7 Å². The molecule has 1 heterocycles. The molecule has 0 aromatic heterocycles. The minimum Gasteiger partial charge on any atom is -0.392 e. The maximum Gasteiger partial charge on any atom is 0.234 e. The molecule has 0 saturated carbocycles. The predicted octanol–water partition coefficient (Wildman–Crippen LogP) is -0.0323. The molecule has 1 aliphatic heterocycles. The number of hydrogen-bond acceptors (Lipinski definition) is 3. The van der Waals surface area contributed by atoms with Crippen molar-refractivity contribution in [1.29, 1.82) is 0 Å². The molecule has 1 fully saturated rings. The Hall–Kier alpha value is -0.610. The SMILES string of the molecule is CC[C@@H](C)NC(=O)CN1CC[C@H](O)C1. The third kappa shape index (κ3) is 3.64. The molecule has 82 valence electrons. The van der Waals surface area contributed by atoms with Crippen LogP contribution in [0, 0.1) is 0 Å². The van der Waals surface area contributed by atoms with Crippen LogP contribution in [0.1, 0.15) is 26.7 Å². The summed E-state index contributed by atoms with van der Waals surface area (Å²) in [6, 6.07) is 0.245. The van der Waals surface area contributed by atoms with Crippen molar-refractivity contribution in [2.45, 2.75) is 38.8 Å². The van der Waals surface area contributed by atoms with Gasteiger partial charge in [-0.25, -0.2) is 0 Å². The third-order valence-corrected chi connectivity index (χ3v) is 2.63. The summed E-state index contributed by atoms with van der Waals surface area (Å²) in [6.07, 6.45) is 1.50. The van der Waals surface area contributed by atoms with Crippen molar-refractivity contribution < 1.29 is 9.90 Å². The first-order valence-electron chi connectivity index (χ1n) is 5.31. The Balaban J connectivity index is 2.20. The minimum atomic E-state index is -0.244. The van der Waals surface area contributed by atoms with Crippen LogP contribution in [0.5, 0.6) is 0 Å². The van der Waals surface area contributed by atoms with Gasteiger partial charge < -0.3 is 10.4 Å². The summed E-state index contributed by atoms with van der Waals surface area (Å²) in [5.74, 6) is 0.0634. The van der Waals surface area contributed by atoms with E-state index < -0.39 is 0 Å². The lowest BCUT2D eigenvalue weighted by molar-refractivity contribution is -0.122. The number of hydrogen-bond donors (Lipinski definition) is 2. The van der Waals surface area contributed by atoms with Gasteiger partial charge in [0.1, 0.15) is 0 Å². The van der Waals surface area contributed by atoms with E-state index in [1.54, 1.807) is 0 Å². The van der Waals surface area contributed by atoms with Crippen LogP contribution in [-0.2, 0) is 4.79 Å². The number of likely N-dealkylation sites (tertiary alicyclic amines) is 1. The molecule has 2 atom stereocenters. The first-order valence-corrected chi connectivity index (χ1v) is 5.31. The molecule has 0 bridgehead atoms. The summed E-state index contributed by atoms with van der Waals surface area (Å²) in [4.78, 5) is 13.4. The zero-order valence-corrected chi connectivity index (χ0v) is 8.99. The summed E-state index contributed by atoms with van der Waals surface area (Å²) in [7, 11) is 0. The molecule has 4 nitrogen and oxygen atoms in total. The molecule has 0 radical (unpaired) electrons. The number of amides is 1. The van der Waals surface area contributed by atoms with Crippen LogP contribution in [0.25, 0.3) is 0 Å². The molecule has 2 N–H and O–H groups in total. The Morgan fingerprint density at radius 2 is 2.43 bits per heavy atom. The normalized spacial score (nSPS) is 24.9. The number of β-amino-alcohol motifs (C(OH)–C–C–N with tert-alkyl or cyclic N) is 1. The zero-order valence-electron chi connectivity index (χ0n) is 8.99. The number of aliphatic hydroxyl groups is 1. The van der Waals surface area contributed by atoms with E-state index in [0.717, 1.165) is 19.4 Å². The van der Waals surface area contributed by atoms with E-state index in [1.807, 2.05) is 18.7 Å². The molecule has 1 amide bonds. The molecule has 14 heavy (non-hydrogen) atoms. The summed E-state index contributed by atoms with van der Waals surface area (Å²) < 4.78 is 0. The Labute approximate surface area is 85.3 Å². The highest BCUT2D eigenvalue weighted by Crippen LogP contribution is 2.07. The predicted molar refractivity (Wildman–Crippen MR) is 55.0 cm³/mol. The molecule has 0 spiro atoms. The quantitative estimate of drug-likeness (QED) is 0.670. The van der Waals surface area contributed by atoms with Crippen molar-refractivity contribution in [3.63, 3.8) is 0 Å². The van der Waals surface area contributed by atoms with E-state index in [4.69, 9.17) is 0 Å². The van der Waals surface area contributed by atoms with Crippen LogP contribution in [0.4, 0.5) is 0 Å². The average molecular weight is 200 g/mol. The highest BCUT2D eigenvalue weighted by atomic mass is 16.3. The average Bonchev–Trinajstić information content (AvgIpc) is 2.50. The summed E-state index contributed by atoms with van der Waals surface area (Å²) in [6.45, 7) is 5.92. The molecule has 0 aromatic rings. The van der Waals surface area contributed by atoms with Gasteiger partial charge in [-0.2, -0.15) is 0 Å². The number of carbonyl (C=O) groups is 1. The fourth-order valence-corrected chi connectivity index (χ4v) is 1.58. The Morgan fingerprint density at radius 3 is 2.93 bits per heavy atom. The van der Waals surface area contributed by atoms with Gasteiger partial charge in [0.2, 0.25) is 5.91 Å². The second kappa shape index (κ2) is 5.32. The van der Waals surface area contributed by atoms with Crippen molar-refractivity contribution in [1.82, 2.24) is 10.2 Å². The lowest BCUT2D eigenvalue weighted by Gasteiger charge is -2.16. The monoisotopic (exact) mass is 200 g/mol. The maximum atomic E-state index is 11.4.